The summed E-state index contributed by atoms with van der Waals surface area (Å²) in [7, 11) is 1.94. The van der Waals surface area contributed by atoms with E-state index in [1.54, 1.807) is 0 Å². The third kappa shape index (κ3) is 2.67. The van der Waals surface area contributed by atoms with Gasteiger partial charge in [-0.3, -0.25) is 4.68 Å². The van der Waals surface area contributed by atoms with Crippen LogP contribution < -0.4 is 4.74 Å². The summed E-state index contributed by atoms with van der Waals surface area (Å²) in [5, 5.41) is 4.30. The van der Waals surface area contributed by atoms with E-state index >= 15 is 0 Å². The van der Waals surface area contributed by atoms with Gasteiger partial charge in [-0.25, -0.2) is 0 Å². The molecular formula is C14H18N2O. The van der Waals surface area contributed by atoms with Crippen LogP contribution in [0.1, 0.15) is 22.5 Å². The Balaban J connectivity index is 2.10. The van der Waals surface area contributed by atoms with Crippen LogP contribution in [-0.2, 0) is 13.7 Å². The van der Waals surface area contributed by atoms with Crippen LogP contribution in [0.25, 0.3) is 0 Å². The van der Waals surface area contributed by atoms with Crippen molar-refractivity contribution in [1.82, 2.24) is 9.78 Å². The average Bonchev–Trinajstić information content (AvgIpc) is 2.56. The number of hydrogen-bond donors (Lipinski definition) is 0. The SMILES string of the molecule is Cc1ccc(OCc2cc(C)nn2C)c(C)c1. The van der Waals surface area contributed by atoms with Crippen molar-refractivity contribution < 1.29 is 4.74 Å². The molecule has 1 aromatic carbocycles. The molecule has 0 bridgehead atoms. The number of aryl methyl sites for hydroxylation is 4. The van der Waals surface area contributed by atoms with Crippen LogP contribution in [0.2, 0.25) is 0 Å². The number of ether oxygens (including phenoxy) is 1. The third-order valence-corrected chi connectivity index (χ3v) is 2.80. The molecule has 0 amide bonds. The van der Waals surface area contributed by atoms with Gasteiger partial charge in [0.25, 0.3) is 0 Å². The second-order valence-corrected chi connectivity index (χ2v) is 4.46. The maximum Gasteiger partial charge on any atom is 0.130 e. The Morgan fingerprint density at radius 2 is 1.94 bits per heavy atom. The predicted octanol–water partition coefficient (Wildman–Crippen LogP) is 2.92. The first-order valence-corrected chi connectivity index (χ1v) is 5.76. The standard InChI is InChI=1S/C14H18N2O/c1-10-5-6-14(11(2)7-10)17-9-13-8-12(3)15-16(13)4/h5-8H,9H2,1-4H3. The number of aromatic nitrogens is 2. The topological polar surface area (TPSA) is 27.1 Å². The molecule has 1 heterocycles. The van der Waals surface area contributed by atoms with Crippen LogP contribution in [0.3, 0.4) is 0 Å². The van der Waals surface area contributed by atoms with Crippen molar-refractivity contribution in [3.05, 3.63) is 46.8 Å². The molecule has 2 aromatic rings. The monoisotopic (exact) mass is 230 g/mol. The van der Waals surface area contributed by atoms with Crippen LogP contribution in [0.5, 0.6) is 5.75 Å². The summed E-state index contributed by atoms with van der Waals surface area (Å²) >= 11 is 0. The lowest BCUT2D eigenvalue weighted by Gasteiger charge is -2.09. The molecule has 0 aliphatic heterocycles. The molecule has 0 N–H and O–H groups in total. The highest BCUT2D eigenvalue weighted by Crippen LogP contribution is 2.20. The lowest BCUT2D eigenvalue weighted by atomic mass is 10.1. The Hall–Kier alpha value is -1.77. The van der Waals surface area contributed by atoms with Crippen LogP contribution in [0.4, 0.5) is 0 Å². The Morgan fingerprint density at radius 1 is 1.18 bits per heavy atom. The normalized spacial score (nSPS) is 10.6. The van der Waals surface area contributed by atoms with E-state index < -0.39 is 0 Å². The Labute approximate surface area is 102 Å². The van der Waals surface area contributed by atoms with Crippen LogP contribution in [-0.4, -0.2) is 9.78 Å². The zero-order chi connectivity index (χ0) is 12.4. The summed E-state index contributed by atoms with van der Waals surface area (Å²) in [5.41, 5.74) is 4.53. The highest BCUT2D eigenvalue weighted by Gasteiger charge is 2.04. The molecular weight excluding hydrogens is 212 g/mol. The molecule has 2 rings (SSSR count). The van der Waals surface area contributed by atoms with Gasteiger partial charge >= 0.3 is 0 Å². The van der Waals surface area contributed by atoms with E-state index in [9.17, 15) is 0 Å². The molecule has 0 fully saturated rings. The second-order valence-electron chi connectivity index (χ2n) is 4.46. The third-order valence-electron chi connectivity index (χ3n) is 2.80. The van der Waals surface area contributed by atoms with E-state index in [2.05, 4.69) is 31.1 Å². The van der Waals surface area contributed by atoms with Crippen molar-refractivity contribution in [3.8, 4) is 5.75 Å². The van der Waals surface area contributed by atoms with E-state index in [4.69, 9.17) is 4.74 Å². The Morgan fingerprint density at radius 3 is 2.53 bits per heavy atom. The summed E-state index contributed by atoms with van der Waals surface area (Å²) in [6, 6.07) is 8.26. The fourth-order valence-corrected chi connectivity index (χ4v) is 1.91. The molecule has 0 saturated heterocycles. The summed E-state index contributed by atoms with van der Waals surface area (Å²) in [6.07, 6.45) is 0. The number of rotatable bonds is 3. The van der Waals surface area contributed by atoms with Crippen molar-refractivity contribution in [2.75, 3.05) is 0 Å². The maximum atomic E-state index is 5.81. The van der Waals surface area contributed by atoms with Crippen LogP contribution in [0.15, 0.2) is 24.3 Å². The minimum atomic E-state index is 0.557. The molecule has 3 nitrogen and oxygen atoms in total. The lowest BCUT2D eigenvalue weighted by molar-refractivity contribution is 0.293. The van der Waals surface area contributed by atoms with Gasteiger partial charge in [0.05, 0.1) is 11.4 Å². The summed E-state index contributed by atoms with van der Waals surface area (Å²) < 4.78 is 7.67. The molecule has 3 heteroatoms. The Bertz CT molecular complexity index is 529. The first kappa shape index (κ1) is 11.7. The van der Waals surface area contributed by atoms with Gasteiger partial charge in [-0.05, 0) is 38.5 Å². The molecule has 0 spiro atoms. The second kappa shape index (κ2) is 4.62. The largest absolute Gasteiger partial charge is 0.487 e. The molecule has 0 aliphatic carbocycles. The minimum Gasteiger partial charge on any atom is -0.487 e. The summed E-state index contributed by atoms with van der Waals surface area (Å²) in [5.74, 6) is 0.939. The van der Waals surface area contributed by atoms with Crippen molar-refractivity contribution in [2.24, 2.45) is 7.05 Å². The number of benzene rings is 1. The van der Waals surface area contributed by atoms with Crippen molar-refractivity contribution in [3.63, 3.8) is 0 Å². The van der Waals surface area contributed by atoms with Crippen molar-refractivity contribution >= 4 is 0 Å². The van der Waals surface area contributed by atoms with E-state index in [0.717, 1.165) is 17.1 Å². The highest BCUT2D eigenvalue weighted by atomic mass is 16.5. The summed E-state index contributed by atoms with van der Waals surface area (Å²) in [4.78, 5) is 0. The van der Waals surface area contributed by atoms with Gasteiger partial charge in [0, 0.05) is 7.05 Å². The minimum absolute atomic E-state index is 0.557. The first-order chi connectivity index (χ1) is 8.06. The van der Waals surface area contributed by atoms with Gasteiger partial charge in [0.2, 0.25) is 0 Å². The molecule has 0 radical (unpaired) electrons. The Kier molecular flexibility index (Phi) is 3.18. The fourth-order valence-electron chi connectivity index (χ4n) is 1.91. The van der Waals surface area contributed by atoms with Crippen LogP contribution in [0, 0.1) is 20.8 Å². The predicted molar refractivity (Wildman–Crippen MR) is 68.2 cm³/mol. The smallest absolute Gasteiger partial charge is 0.130 e. The number of nitrogens with zero attached hydrogens (tertiary/aromatic N) is 2. The van der Waals surface area contributed by atoms with Gasteiger partial charge < -0.3 is 4.74 Å². The van der Waals surface area contributed by atoms with Gasteiger partial charge in [-0.2, -0.15) is 5.10 Å². The van der Waals surface area contributed by atoms with E-state index in [-0.39, 0.29) is 0 Å². The quantitative estimate of drug-likeness (QED) is 0.810. The van der Waals surface area contributed by atoms with Crippen molar-refractivity contribution in [1.29, 1.82) is 0 Å². The summed E-state index contributed by atoms with van der Waals surface area (Å²) in [6.45, 7) is 6.69. The molecule has 1 aromatic heterocycles. The zero-order valence-corrected chi connectivity index (χ0v) is 10.8. The van der Waals surface area contributed by atoms with Crippen molar-refractivity contribution in [2.45, 2.75) is 27.4 Å². The molecule has 17 heavy (non-hydrogen) atoms. The zero-order valence-electron chi connectivity index (χ0n) is 10.8. The highest BCUT2D eigenvalue weighted by molar-refractivity contribution is 5.35. The van der Waals surface area contributed by atoms with E-state index in [1.807, 2.05) is 30.8 Å². The maximum absolute atomic E-state index is 5.81. The molecule has 0 atom stereocenters. The number of hydrogen-bond acceptors (Lipinski definition) is 2. The van der Waals surface area contributed by atoms with Gasteiger partial charge in [-0.15, -0.1) is 0 Å². The average molecular weight is 230 g/mol. The van der Waals surface area contributed by atoms with E-state index in [1.165, 1.54) is 11.1 Å². The molecule has 0 aliphatic rings. The van der Waals surface area contributed by atoms with E-state index in [0.29, 0.717) is 6.61 Å². The lowest BCUT2D eigenvalue weighted by Crippen LogP contribution is -2.03. The molecule has 0 unspecified atom stereocenters. The first-order valence-electron chi connectivity index (χ1n) is 5.76. The van der Waals surface area contributed by atoms with Gasteiger partial charge in [0.1, 0.15) is 12.4 Å². The van der Waals surface area contributed by atoms with Crippen LogP contribution >= 0.6 is 0 Å². The van der Waals surface area contributed by atoms with Gasteiger partial charge in [-0.1, -0.05) is 17.7 Å². The van der Waals surface area contributed by atoms with Gasteiger partial charge in [0.15, 0.2) is 0 Å². The molecule has 90 valence electrons. The fraction of sp³-hybridized carbons (Fsp3) is 0.357. The molecule has 0 saturated carbocycles.